The normalized spacial score (nSPS) is 17.5. The molecule has 2 atom stereocenters. The van der Waals surface area contributed by atoms with Crippen LogP contribution in [0, 0.1) is 0 Å². The lowest BCUT2D eigenvalue weighted by molar-refractivity contribution is 0.0871. The second-order valence-electron chi connectivity index (χ2n) is 4.15. The van der Waals surface area contributed by atoms with Crippen molar-refractivity contribution in [3.63, 3.8) is 0 Å². The van der Waals surface area contributed by atoms with Crippen LogP contribution in [-0.4, -0.2) is 36.1 Å². The molecule has 0 amide bonds. The molecule has 0 aromatic rings. The van der Waals surface area contributed by atoms with Crippen molar-refractivity contribution in [3.8, 4) is 0 Å². The molecule has 1 N–H and O–H groups in total. The zero-order chi connectivity index (χ0) is 11.9. The van der Waals surface area contributed by atoms with E-state index in [4.69, 9.17) is 0 Å². The lowest BCUT2D eigenvalue weighted by Crippen LogP contribution is -2.58. The van der Waals surface area contributed by atoms with Gasteiger partial charge in [0.1, 0.15) is 0 Å². The largest absolute Gasteiger partial charge is 0.309 e. The van der Waals surface area contributed by atoms with Gasteiger partial charge in [-0.1, -0.05) is 33.8 Å². The molecule has 0 aromatic heterocycles. The van der Waals surface area contributed by atoms with Gasteiger partial charge in [0.2, 0.25) is 0 Å². The molecular formula is C13H28N2. The Hall–Kier alpha value is -0.340. The van der Waals surface area contributed by atoms with Crippen molar-refractivity contribution in [2.75, 3.05) is 19.6 Å². The average Bonchev–Trinajstić information content (AvgIpc) is 2.27. The number of nitrogens with zero attached hydrogens (tertiary/aromatic N) is 1. The van der Waals surface area contributed by atoms with E-state index >= 15 is 0 Å². The molecule has 90 valence electrons. The molecular weight excluding hydrogens is 184 g/mol. The fourth-order valence-electron chi connectivity index (χ4n) is 2.36. The van der Waals surface area contributed by atoms with Crippen molar-refractivity contribution >= 4 is 0 Å². The monoisotopic (exact) mass is 212 g/mol. The van der Waals surface area contributed by atoms with E-state index in [9.17, 15) is 0 Å². The van der Waals surface area contributed by atoms with Gasteiger partial charge in [0, 0.05) is 11.6 Å². The smallest absolute Gasteiger partial charge is 0.0431 e. The maximum atomic E-state index is 3.96. The Morgan fingerprint density at radius 1 is 1.27 bits per heavy atom. The zero-order valence-corrected chi connectivity index (χ0v) is 11.1. The van der Waals surface area contributed by atoms with E-state index in [1.165, 1.54) is 0 Å². The van der Waals surface area contributed by atoms with Gasteiger partial charge in [0.15, 0.2) is 0 Å². The van der Waals surface area contributed by atoms with E-state index in [0.29, 0.717) is 6.04 Å². The van der Waals surface area contributed by atoms with Crippen LogP contribution < -0.4 is 5.32 Å². The Balaban J connectivity index is 4.83. The van der Waals surface area contributed by atoms with Gasteiger partial charge in [-0.2, -0.15) is 0 Å². The van der Waals surface area contributed by atoms with E-state index in [1.54, 1.807) is 0 Å². The van der Waals surface area contributed by atoms with Crippen LogP contribution >= 0.6 is 0 Å². The molecule has 0 aliphatic rings. The van der Waals surface area contributed by atoms with E-state index in [1.807, 2.05) is 6.08 Å². The summed E-state index contributed by atoms with van der Waals surface area (Å²) in [5.74, 6) is 0. The van der Waals surface area contributed by atoms with Crippen molar-refractivity contribution in [3.05, 3.63) is 12.7 Å². The zero-order valence-electron chi connectivity index (χ0n) is 11.1. The maximum Gasteiger partial charge on any atom is 0.0431 e. The number of hydrogen-bond donors (Lipinski definition) is 1. The van der Waals surface area contributed by atoms with Crippen LogP contribution in [0.2, 0.25) is 0 Å². The SMILES string of the molecule is C=CC(NCC)C(C)(CC)N(CC)CC. The molecule has 0 saturated carbocycles. The Morgan fingerprint density at radius 2 is 1.80 bits per heavy atom. The predicted octanol–water partition coefficient (Wildman–Crippen LogP) is 2.66. The predicted molar refractivity (Wildman–Crippen MR) is 69.3 cm³/mol. The molecule has 0 aliphatic heterocycles. The third kappa shape index (κ3) is 3.32. The van der Waals surface area contributed by atoms with Gasteiger partial charge in [-0.15, -0.1) is 6.58 Å². The van der Waals surface area contributed by atoms with Crippen molar-refractivity contribution < 1.29 is 0 Å². The van der Waals surface area contributed by atoms with Crippen LogP contribution in [0.1, 0.15) is 41.0 Å². The molecule has 0 radical (unpaired) electrons. The minimum Gasteiger partial charge on any atom is -0.309 e. The Morgan fingerprint density at radius 3 is 2.07 bits per heavy atom. The van der Waals surface area contributed by atoms with Gasteiger partial charge in [-0.25, -0.2) is 0 Å². The quantitative estimate of drug-likeness (QED) is 0.622. The summed E-state index contributed by atoms with van der Waals surface area (Å²) in [6.07, 6.45) is 3.18. The molecule has 2 heteroatoms. The van der Waals surface area contributed by atoms with Gasteiger partial charge >= 0.3 is 0 Å². The van der Waals surface area contributed by atoms with Crippen LogP contribution in [0.4, 0.5) is 0 Å². The number of likely N-dealkylation sites (N-methyl/N-ethyl adjacent to an activating group) is 2. The van der Waals surface area contributed by atoms with Crippen molar-refractivity contribution in [1.82, 2.24) is 10.2 Å². The van der Waals surface area contributed by atoms with Crippen LogP contribution in [0.5, 0.6) is 0 Å². The second kappa shape index (κ2) is 7.02. The highest BCUT2D eigenvalue weighted by Gasteiger charge is 2.34. The van der Waals surface area contributed by atoms with Crippen molar-refractivity contribution in [1.29, 1.82) is 0 Å². The van der Waals surface area contributed by atoms with E-state index < -0.39 is 0 Å². The highest BCUT2D eigenvalue weighted by Crippen LogP contribution is 2.24. The third-order valence-electron chi connectivity index (χ3n) is 3.53. The summed E-state index contributed by atoms with van der Waals surface area (Å²) < 4.78 is 0. The Kier molecular flexibility index (Phi) is 6.86. The summed E-state index contributed by atoms with van der Waals surface area (Å²) in [6.45, 7) is 18.3. The summed E-state index contributed by atoms with van der Waals surface area (Å²) >= 11 is 0. The molecule has 0 spiro atoms. The topological polar surface area (TPSA) is 15.3 Å². The number of rotatable bonds is 8. The van der Waals surface area contributed by atoms with Gasteiger partial charge in [-0.05, 0) is 33.0 Å². The van der Waals surface area contributed by atoms with Gasteiger partial charge < -0.3 is 5.32 Å². The van der Waals surface area contributed by atoms with Crippen LogP contribution in [0.15, 0.2) is 12.7 Å². The fourth-order valence-corrected chi connectivity index (χ4v) is 2.36. The molecule has 0 heterocycles. The Labute approximate surface area is 95.7 Å². The maximum absolute atomic E-state index is 3.96. The molecule has 0 aromatic carbocycles. The lowest BCUT2D eigenvalue weighted by Gasteiger charge is -2.45. The van der Waals surface area contributed by atoms with Crippen molar-refractivity contribution in [2.24, 2.45) is 0 Å². The van der Waals surface area contributed by atoms with Gasteiger partial charge in [0.25, 0.3) is 0 Å². The summed E-state index contributed by atoms with van der Waals surface area (Å²) in [5, 5.41) is 3.51. The van der Waals surface area contributed by atoms with Crippen LogP contribution in [-0.2, 0) is 0 Å². The molecule has 0 rings (SSSR count). The van der Waals surface area contributed by atoms with E-state index in [2.05, 4.69) is 51.4 Å². The lowest BCUT2D eigenvalue weighted by atomic mass is 9.87. The van der Waals surface area contributed by atoms with E-state index in [0.717, 1.165) is 26.1 Å². The molecule has 0 fully saturated rings. The molecule has 2 unspecified atom stereocenters. The highest BCUT2D eigenvalue weighted by molar-refractivity contribution is 5.04. The summed E-state index contributed by atoms with van der Waals surface area (Å²) in [4.78, 5) is 2.52. The summed E-state index contributed by atoms with van der Waals surface area (Å²) in [6, 6.07) is 0.368. The Bertz CT molecular complexity index is 175. The number of hydrogen-bond acceptors (Lipinski definition) is 2. The first-order chi connectivity index (χ1) is 7.10. The number of nitrogens with one attached hydrogen (secondary N) is 1. The molecule has 15 heavy (non-hydrogen) atoms. The van der Waals surface area contributed by atoms with Crippen LogP contribution in [0.25, 0.3) is 0 Å². The average molecular weight is 212 g/mol. The standard InChI is InChI=1S/C13H28N2/c1-7-12(14-9-3)13(6,8-2)15(10-4)11-5/h7,12,14H,1,8-11H2,2-6H3. The van der Waals surface area contributed by atoms with Gasteiger partial charge in [0.05, 0.1) is 0 Å². The van der Waals surface area contributed by atoms with E-state index in [-0.39, 0.29) is 5.54 Å². The third-order valence-corrected chi connectivity index (χ3v) is 3.53. The summed E-state index contributed by atoms with van der Waals surface area (Å²) in [5.41, 5.74) is 0.182. The molecule has 2 nitrogen and oxygen atoms in total. The highest BCUT2D eigenvalue weighted by atomic mass is 15.2. The molecule has 0 saturated heterocycles. The van der Waals surface area contributed by atoms with Crippen molar-refractivity contribution in [2.45, 2.75) is 52.6 Å². The fraction of sp³-hybridized carbons (Fsp3) is 0.846. The minimum absolute atomic E-state index is 0.182. The minimum atomic E-state index is 0.182. The van der Waals surface area contributed by atoms with Crippen LogP contribution in [0.3, 0.4) is 0 Å². The summed E-state index contributed by atoms with van der Waals surface area (Å²) in [7, 11) is 0. The van der Waals surface area contributed by atoms with Gasteiger partial charge in [-0.3, -0.25) is 4.90 Å². The molecule has 0 aliphatic carbocycles. The first-order valence-corrected chi connectivity index (χ1v) is 6.21. The second-order valence-corrected chi connectivity index (χ2v) is 4.15. The first-order valence-electron chi connectivity index (χ1n) is 6.21. The molecule has 0 bridgehead atoms. The first kappa shape index (κ1) is 14.7.